The standard InChI is InChI=1S/C13H26N4O.BrH/c1-18-11-4-8-17(9-5-11)13(6-2-3-7-13)10-16-12(14)15;/h11H,2-10H2,1H3,(H4,14,15,16);1H. The number of ether oxygens (including phenoxy) is 1. The molecule has 1 aliphatic carbocycles. The van der Waals surface area contributed by atoms with Crippen molar-refractivity contribution in [1.82, 2.24) is 4.90 Å². The number of piperidine rings is 1. The Labute approximate surface area is 126 Å². The summed E-state index contributed by atoms with van der Waals surface area (Å²) in [5, 5.41) is 0. The van der Waals surface area contributed by atoms with E-state index in [0.29, 0.717) is 6.10 Å². The normalized spacial score (nSPS) is 23.8. The topological polar surface area (TPSA) is 76.9 Å². The molecule has 1 aliphatic heterocycles. The molecule has 1 heterocycles. The molecule has 1 saturated heterocycles. The second-order valence-corrected chi connectivity index (χ2v) is 5.59. The first-order valence-electron chi connectivity index (χ1n) is 6.99. The zero-order valence-electron chi connectivity index (χ0n) is 11.8. The van der Waals surface area contributed by atoms with Gasteiger partial charge < -0.3 is 16.2 Å². The summed E-state index contributed by atoms with van der Waals surface area (Å²) in [6.45, 7) is 2.98. The van der Waals surface area contributed by atoms with Gasteiger partial charge in [0.1, 0.15) is 0 Å². The van der Waals surface area contributed by atoms with Gasteiger partial charge in [-0.3, -0.25) is 9.89 Å². The highest BCUT2D eigenvalue weighted by molar-refractivity contribution is 8.93. The highest BCUT2D eigenvalue weighted by Crippen LogP contribution is 2.37. The summed E-state index contributed by atoms with van der Waals surface area (Å²) in [5.41, 5.74) is 11.2. The zero-order valence-corrected chi connectivity index (χ0v) is 13.5. The van der Waals surface area contributed by atoms with Gasteiger partial charge in [-0.25, -0.2) is 0 Å². The van der Waals surface area contributed by atoms with E-state index >= 15 is 0 Å². The van der Waals surface area contributed by atoms with E-state index in [1.165, 1.54) is 25.7 Å². The Morgan fingerprint density at radius 2 is 1.84 bits per heavy atom. The van der Waals surface area contributed by atoms with Crippen molar-refractivity contribution in [2.24, 2.45) is 16.5 Å². The molecular weight excluding hydrogens is 308 g/mol. The number of halogens is 1. The van der Waals surface area contributed by atoms with Crippen molar-refractivity contribution in [3.8, 4) is 0 Å². The molecule has 0 atom stereocenters. The summed E-state index contributed by atoms with van der Waals surface area (Å²) in [7, 11) is 1.81. The minimum Gasteiger partial charge on any atom is -0.381 e. The first-order chi connectivity index (χ1) is 8.66. The van der Waals surface area contributed by atoms with Crippen LogP contribution in [0, 0.1) is 0 Å². The first-order valence-corrected chi connectivity index (χ1v) is 6.99. The van der Waals surface area contributed by atoms with Gasteiger partial charge >= 0.3 is 0 Å². The predicted molar refractivity (Wildman–Crippen MR) is 83.8 cm³/mol. The van der Waals surface area contributed by atoms with Crippen LogP contribution in [0.3, 0.4) is 0 Å². The molecule has 2 aliphatic rings. The van der Waals surface area contributed by atoms with Gasteiger partial charge in [0.25, 0.3) is 0 Å². The third-order valence-electron chi connectivity index (χ3n) is 4.54. The number of aliphatic imine (C=N–C) groups is 1. The molecule has 5 nitrogen and oxygen atoms in total. The molecule has 2 rings (SSSR count). The lowest BCUT2D eigenvalue weighted by Gasteiger charge is -2.44. The number of guanidine groups is 1. The largest absolute Gasteiger partial charge is 0.381 e. The van der Waals surface area contributed by atoms with Crippen molar-refractivity contribution in [3.05, 3.63) is 0 Å². The van der Waals surface area contributed by atoms with Crippen LogP contribution in [0.1, 0.15) is 38.5 Å². The summed E-state index contributed by atoms with van der Waals surface area (Å²) < 4.78 is 5.44. The average molecular weight is 335 g/mol. The Balaban J connectivity index is 0.00000180. The third-order valence-corrected chi connectivity index (χ3v) is 4.54. The van der Waals surface area contributed by atoms with Crippen LogP contribution in [0.4, 0.5) is 0 Å². The maximum absolute atomic E-state index is 5.49. The average Bonchev–Trinajstić information content (AvgIpc) is 2.86. The van der Waals surface area contributed by atoms with Gasteiger partial charge in [0.15, 0.2) is 5.96 Å². The fourth-order valence-electron chi connectivity index (χ4n) is 3.41. The molecule has 0 unspecified atom stereocenters. The molecule has 0 radical (unpaired) electrons. The SMILES string of the molecule is Br.COC1CCN(C2(CN=C(N)N)CCCC2)CC1. The van der Waals surface area contributed by atoms with E-state index in [-0.39, 0.29) is 28.5 Å². The number of hydrogen-bond donors (Lipinski definition) is 2. The number of likely N-dealkylation sites (tertiary alicyclic amines) is 1. The molecular formula is C13H27BrN4O. The van der Waals surface area contributed by atoms with Gasteiger partial charge in [-0.05, 0) is 25.7 Å². The zero-order chi connectivity index (χ0) is 13.0. The second-order valence-electron chi connectivity index (χ2n) is 5.59. The summed E-state index contributed by atoms with van der Waals surface area (Å²) >= 11 is 0. The van der Waals surface area contributed by atoms with Crippen molar-refractivity contribution in [2.75, 3.05) is 26.7 Å². The van der Waals surface area contributed by atoms with Crippen molar-refractivity contribution in [2.45, 2.75) is 50.2 Å². The Morgan fingerprint density at radius 3 is 2.32 bits per heavy atom. The van der Waals surface area contributed by atoms with E-state index in [1.54, 1.807) is 0 Å². The molecule has 0 bridgehead atoms. The summed E-state index contributed by atoms with van der Waals surface area (Å²) in [4.78, 5) is 6.89. The molecule has 0 amide bonds. The quantitative estimate of drug-likeness (QED) is 0.599. The summed E-state index contributed by atoms with van der Waals surface area (Å²) in [5.74, 6) is 0.216. The molecule has 0 spiro atoms. The molecule has 112 valence electrons. The van der Waals surface area contributed by atoms with Crippen molar-refractivity contribution in [1.29, 1.82) is 0 Å². The maximum Gasteiger partial charge on any atom is 0.185 e. The minimum absolute atomic E-state index is 0. The molecule has 2 fully saturated rings. The van der Waals surface area contributed by atoms with E-state index in [0.717, 1.165) is 32.5 Å². The highest BCUT2D eigenvalue weighted by atomic mass is 79.9. The fourth-order valence-corrected chi connectivity index (χ4v) is 3.41. The number of methoxy groups -OCH3 is 1. The van der Waals surface area contributed by atoms with Gasteiger partial charge in [-0.2, -0.15) is 0 Å². The van der Waals surface area contributed by atoms with Gasteiger partial charge in [-0.1, -0.05) is 12.8 Å². The van der Waals surface area contributed by atoms with Crippen LogP contribution in [-0.2, 0) is 4.74 Å². The van der Waals surface area contributed by atoms with E-state index in [2.05, 4.69) is 9.89 Å². The lowest BCUT2D eigenvalue weighted by molar-refractivity contribution is -0.0000374. The van der Waals surface area contributed by atoms with Gasteiger partial charge in [-0.15, -0.1) is 17.0 Å². The van der Waals surface area contributed by atoms with Crippen LogP contribution in [0.25, 0.3) is 0 Å². The molecule has 1 saturated carbocycles. The molecule has 0 aromatic rings. The minimum atomic E-state index is 0. The summed E-state index contributed by atoms with van der Waals surface area (Å²) in [6, 6.07) is 0. The van der Waals surface area contributed by atoms with E-state index < -0.39 is 0 Å². The van der Waals surface area contributed by atoms with Crippen molar-refractivity contribution < 1.29 is 4.74 Å². The molecule has 4 N–H and O–H groups in total. The van der Waals surface area contributed by atoms with Crippen LogP contribution in [0.5, 0.6) is 0 Å². The van der Waals surface area contributed by atoms with Crippen molar-refractivity contribution >= 4 is 22.9 Å². The van der Waals surface area contributed by atoms with E-state index in [9.17, 15) is 0 Å². The monoisotopic (exact) mass is 334 g/mol. The van der Waals surface area contributed by atoms with Crippen LogP contribution < -0.4 is 11.5 Å². The van der Waals surface area contributed by atoms with Crippen LogP contribution in [0.15, 0.2) is 4.99 Å². The van der Waals surface area contributed by atoms with Crippen LogP contribution >= 0.6 is 17.0 Å². The number of hydrogen-bond acceptors (Lipinski definition) is 3. The molecule has 19 heavy (non-hydrogen) atoms. The predicted octanol–water partition coefficient (Wildman–Crippen LogP) is 1.26. The Hall–Kier alpha value is -0.330. The smallest absolute Gasteiger partial charge is 0.185 e. The third kappa shape index (κ3) is 4.07. The van der Waals surface area contributed by atoms with Crippen molar-refractivity contribution in [3.63, 3.8) is 0 Å². The lowest BCUT2D eigenvalue weighted by Crippen LogP contribution is -2.53. The van der Waals surface area contributed by atoms with E-state index in [4.69, 9.17) is 16.2 Å². The maximum atomic E-state index is 5.49. The molecule has 0 aromatic carbocycles. The van der Waals surface area contributed by atoms with Gasteiger partial charge in [0, 0.05) is 25.7 Å². The van der Waals surface area contributed by atoms with Gasteiger partial charge in [0.2, 0.25) is 0 Å². The number of nitrogens with zero attached hydrogens (tertiary/aromatic N) is 2. The lowest BCUT2D eigenvalue weighted by atomic mass is 9.91. The Kier molecular flexibility index (Phi) is 6.56. The van der Waals surface area contributed by atoms with Gasteiger partial charge in [0.05, 0.1) is 12.6 Å². The number of rotatable bonds is 4. The van der Waals surface area contributed by atoms with Crippen LogP contribution in [0.2, 0.25) is 0 Å². The Morgan fingerprint density at radius 1 is 1.26 bits per heavy atom. The molecule has 6 heteroatoms. The fraction of sp³-hybridized carbons (Fsp3) is 0.923. The molecule has 0 aromatic heterocycles. The highest BCUT2D eigenvalue weighted by Gasteiger charge is 2.40. The Bertz CT molecular complexity index is 293. The second kappa shape index (κ2) is 7.45. The summed E-state index contributed by atoms with van der Waals surface area (Å²) in [6.07, 6.45) is 7.72. The first kappa shape index (κ1) is 16.7. The van der Waals surface area contributed by atoms with E-state index in [1.807, 2.05) is 7.11 Å². The van der Waals surface area contributed by atoms with Crippen LogP contribution in [-0.4, -0.2) is 49.2 Å². The number of nitrogens with two attached hydrogens (primary N) is 2.